The number of anilines is 1. The van der Waals surface area contributed by atoms with Crippen molar-refractivity contribution in [3.63, 3.8) is 0 Å². The lowest BCUT2D eigenvalue weighted by molar-refractivity contribution is 0.0954. The number of methoxy groups -OCH3 is 1. The molecule has 6 rings (SSSR count). The summed E-state index contributed by atoms with van der Waals surface area (Å²) in [6, 6.07) is 33.0. The lowest BCUT2D eigenvalue weighted by Crippen LogP contribution is -2.25. The number of halogens is 1. The quantitative estimate of drug-likeness (QED) is 0.137. The third-order valence-electron chi connectivity index (χ3n) is 8.18. The van der Waals surface area contributed by atoms with Crippen LogP contribution in [0.3, 0.4) is 0 Å². The maximum Gasteiger partial charge on any atom is 0.251 e. The molecule has 0 atom stereocenters. The van der Waals surface area contributed by atoms with Crippen molar-refractivity contribution >= 4 is 22.6 Å². The van der Waals surface area contributed by atoms with E-state index in [1.165, 1.54) is 6.07 Å². The molecule has 2 heterocycles. The van der Waals surface area contributed by atoms with Crippen LogP contribution in [-0.2, 0) is 30.7 Å². The van der Waals surface area contributed by atoms with Gasteiger partial charge in [0, 0.05) is 55.1 Å². The van der Waals surface area contributed by atoms with Crippen molar-refractivity contribution in [1.29, 1.82) is 5.26 Å². The van der Waals surface area contributed by atoms with Gasteiger partial charge in [-0.2, -0.15) is 5.26 Å². The summed E-state index contributed by atoms with van der Waals surface area (Å²) in [5.41, 5.74) is 13.1. The summed E-state index contributed by atoms with van der Waals surface area (Å²) in [4.78, 5) is 22.5. The van der Waals surface area contributed by atoms with Crippen LogP contribution in [0.15, 0.2) is 103 Å². The molecule has 4 aromatic carbocycles. The van der Waals surface area contributed by atoms with Crippen molar-refractivity contribution in [3.05, 3.63) is 143 Å². The molecule has 0 aliphatic carbocycles. The molecular weight excluding hydrogens is 619 g/mol. The van der Waals surface area contributed by atoms with Crippen LogP contribution in [0, 0.1) is 17.1 Å². The van der Waals surface area contributed by atoms with Gasteiger partial charge in [0.2, 0.25) is 5.88 Å². The average molecular weight is 655 g/mol. The Morgan fingerprint density at radius 2 is 1.76 bits per heavy atom. The minimum Gasteiger partial charge on any atom is -0.473 e. The summed E-state index contributed by atoms with van der Waals surface area (Å²) < 4.78 is 27.6. The molecule has 9 nitrogen and oxygen atoms in total. The summed E-state index contributed by atoms with van der Waals surface area (Å²) >= 11 is 0. The summed E-state index contributed by atoms with van der Waals surface area (Å²) in [6.07, 6.45) is 1.29. The number of nitrogens with one attached hydrogen (secondary N) is 1. The molecule has 246 valence electrons. The second-order valence-electron chi connectivity index (χ2n) is 11.6. The normalized spacial score (nSPS) is 11.0. The fourth-order valence-corrected chi connectivity index (χ4v) is 5.51. The number of nitrogen functional groups attached to an aromatic ring is 1. The fourth-order valence-electron chi connectivity index (χ4n) is 5.51. The first kappa shape index (κ1) is 32.9. The maximum atomic E-state index is 14.3. The first-order valence-corrected chi connectivity index (χ1v) is 15.9. The van der Waals surface area contributed by atoms with Crippen molar-refractivity contribution in [2.45, 2.75) is 26.0 Å². The number of ether oxygens (including phenoxy) is 2. The van der Waals surface area contributed by atoms with E-state index < -0.39 is 5.82 Å². The average Bonchev–Trinajstić information content (AvgIpc) is 3.47. The second kappa shape index (κ2) is 15.2. The Bertz CT molecular complexity index is 2120. The molecule has 2 aromatic heterocycles. The molecule has 0 bridgehead atoms. The Balaban J connectivity index is 1.13. The van der Waals surface area contributed by atoms with Crippen LogP contribution >= 0.6 is 0 Å². The smallest absolute Gasteiger partial charge is 0.251 e. The minimum absolute atomic E-state index is 0.00626. The van der Waals surface area contributed by atoms with Crippen molar-refractivity contribution in [2.75, 3.05) is 26.0 Å². The largest absolute Gasteiger partial charge is 0.473 e. The van der Waals surface area contributed by atoms with E-state index in [-0.39, 0.29) is 18.1 Å². The summed E-state index contributed by atoms with van der Waals surface area (Å²) in [5.74, 6) is 0.593. The number of imidazole rings is 1. The number of amides is 1. The number of hydrogen-bond acceptors (Lipinski definition) is 7. The van der Waals surface area contributed by atoms with Crippen LogP contribution in [0.1, 0.15) is 38.4 Å². The second-order valence-corrected chi connectivity index (χ2v) is 11.6. The highest BCUT2D eigenvalue weighted by atomic mass is 19.1. The van der Waals surface area contributed by atoms with Gasteiger partial charge in [-0.25, -0.2) is 14.4 Å². The molecular formula is C39H35FN6O3. The molecule has 0 spiro atoms. The molecule has 49 heavy (non-hydrogen) atoms. The van der Waals surface area contributed by atoms with E-state index in [4.69, 9.17) is 25.5 Å². The molecule has 0 fully saturated rings. The molecule has 6 aromatic rings. The number of carbonyl (C=O) groups is 1. The van der Waals surface area contributed by atoms with Gasteiger partial charge in [-0.1, -0.05) is 48.5 Å². The number of nitriles is 1. The van der Waals surface area contributed by atoms with Crippen molar-refractivity contribution in [3.8, 4) is 23.2 Å². The van der Waals surface area contributed by atoms with Crippen molar-refractivity contribution in [1.82, 2.24) is 19.9 Å². The number of nitrogens with zero attached hydrogens (tertiary/aromatic N) is 4. The minimum atomic E-state index is -0.492. The van der Waals surface area contributed by atoms with Crippen molar-refractivity contribution < 1.29 is 18.7 Å². The molecule has 0 saturated heterocycles. The monoisotopic (exact) mass is 654 g/mol. The highest BCUT2D eigenvalue weighted by Crippen LogP contribution is 2.24. The number of aromatic nitrogens is 3. The number of carbonyl (C=O) groups excluding carboxylic acids is 1. The molecule has 1 amide bonds. The van der Waals surface area contributed by atoms with Gasteiger partial charge in [-0.05, 0) is 66.1 Å². The predicted octanol–water partition coefficient (Wildman–Crippen LogP) is 6.48. The lowest BCUT2D eigenvalue weighted by atomic mass is 10.1. The Morgan fingerprint density at radius 3 is 2.51 bits per heavy atom. The standard InChI is InChI=1S/C39H35FN6O3/c1-48-20-19-46-36-16-13-30(39(47)43-18-17-26-8-14-32(42)15-9-26)23-35(36)44-37(46)22-27-5-10-29(11-6-27)34-3-2-4-38(45-34)49-25-31-12-7-28(24-41)21-33(31)40/h2-16,21,23H,17-20,22,25,42H2,1H3,(H,43,47). The van der Waals surface area contributed by atoms with E-state index in [1.807, 2.05) is 84.9 Å². The van der Waals surface area contributed by atoms with Gasteiger partial charge in [0.05, 0.1) is 35.0 Å². The van der Waals surface area contributed by atoms with E-state index in [9.17, 15) is 9.18 Å². The number of nitrogens with two attached hydrogens (primary N) is 1. The summed E-state index contributed by atoms with van der Waals surface area (Å²) in [6.45, 7) is 1.65. The fraction of sp³-hybridized carbons (Fsp3) is 0.179. The SMILES string of the molecule is COCCn1c(Cc2ccc(-c3cccc(OCc4ccc(C#N)cc4F)n3)cc2)nc2cc(C(=O)NCCc3ccc(N)cc3)ccc21. The third kappa shape index (κ3) is 8.09. The predicted molar refractivity (Wildman–Crippen MR) is 186 cm³/mol. The van der Waals surface area contributed by atoms with Gasteiger partial charge in [-0.15, -0.1) is 0 Å². The van der Waals surface area contributed by atoms with E-state index in [1.54, 1.807) is 25.3 Å². The molecule has 10 heteroatoms. The first-order valence-electron chi connectivity index (χ1n) is 15.9. The topological polar surface area (TPSA) is 128 Å². The third-order valence-corrected chi connectivity index (χ3v) is 8.18. The van der Waals surface area contributed by atoms with Crippen LogP contribution in [0.4, 0.5) is 10.1 Å². The van der Waals surface area contributed by atoms with Gasteiger partial charge in [-0.3, -0.25) is 4.79 Å². The molecule has 0 saturated carbocycles. The van der Waals surface area contributed by atoms with Crippen LogP contribution in [0.25, 0.3) is 22.3 Å². The van der Waals surface area contributed by atoms with Gasteiger partial charge in [0.15, 0.2) is 0 Å². The first-order chi connectivity index (χ1) is 23.9. The van der Waals surface area contributed by atoms with Crippen molar-refractivity contribution in [2.24, 2.45) is 0 Å². The van der Waals surface area contributed by atoms with Gasteiger partial charge < -0.3 is 25.1 Å². The highest BCUT2D eigenvalue weighted by Gasteiger charge is 2.15. The lowest BCUT2D eigenvalue weighted by Gasteiger charge is -2.10. The number of rotatable bonds is 13. The zero-order valence-electron chi connectivity index (χ0n) is 27.0. The zero-order chi connectivity index (χ0) is 34.2. The Kier molecular flexibility index (Phi) is 10.2. The van der Waals surface area contributed by atoms with Gasteiger partial charge in [0.25, 0.3) is 5.91 Å². The number of benzene rings is 4. The van der Waals surface area contributed by atoms with E-state index in [0.717, 1.165) is 39.2 Å². The van der Waals surface area contributed by atoms with Crippen LogP contribution in [0.2, 0.25) is 0 Å². The number of hydrogen-bond donors (Lipinski definition) is 2. The molecule has 3 N–H and O–H groups in total. The molecule has 0 aliphatic heterocycles. The van der Waals surface area contributed by atoms with Gasteiger partial charge in [0.1, 0.15) is 18.2 Å². The Hall–Kier alpha value is -6.05. The van der Waals surface area contributed by atoms with Crippen LogP contribution in [-0.4, -0.2) is 40.7 Å². The zero-order valence-corrected chi connectivity index (χ0v) is 27.0. The van der Waals surface area contributed by atoms with E-state index in [0.29, 0.717) is 55.2 Å². The highest BCUT2D eigenvalue weighted by molar-refractivity contribution is 5.97. The molecule has 0 aliphatic rings. The van der Waals surface area contributed by atoms with Gasteiger partial charge >= 0.3 is 0 Å². The number of fused-ring (bicyclic) bond motifs is 1. The summed E-state index contributed by atoms with van der Waals surface area (Å²) in [5, 5.41) is 12.0. The molecule has 0 radical (unpaired) electrons. The summed E-state index contributed by atoms with van der Waals surface area (Å²) in [7, 11) is 1.67. The van der Waals surface area contributed by atoms with E-state index in [2.05, 4.69) is 14.9 Å². The van der Waals surface area contributed by atoms with E-state index >= 15 is 0 Å². The van der Waals surface area contributed by atoms with Crippen LogP contribution < -0.4 is 15.8 Å². The Morgan fingerprint density at radius 1 is 0.959 bits per heavy atom. The molecule has 0 unspecified atom stereocenters. The maximum absolute atomic E-state index is 14.3. The van der Waals surface area contributed by atoms with Crippen LogP contribution in [0.5, 0.6) is 5.88 Å². The number of pyridine rings is 1. The Labute approximate surface area is 283 Å².